The second-order valence-electron chi connectivity index (χ2n) is 9.80. The number of benzene rings is 2. The molecule has 13 heteroatoms. The van der Waals surface area contributed by atoms with Crippen LogP contribution < -0.4 is 5.73 Å². The van der Waals surface area contributed by atoms with Crippen molar-refractivity contribution in [1.29, 1.82) is 0 Å². The zero-order chi connectivity index (χ0) is 27.7. The van der Waals surface area contributed by atoms with Gasteiger partial charge in [0.05, 0.1) is 35.6 Å². The summed E-state index contributed by atoms with van der Waals surface area (Å²) in [5.41, 5.74) is 1.62. The molecule has 2 aromatic carbocycles. The number of likely N-dealkylation sites (tertiary alicyclic amines) is 1. The summed E-state index contributed by atoms with van der Waals surface area (Å²) >= 11 is 1.60. The van der Waals surface area contributed by atoms with Gasteiger partial charge in [0.1, 0.15) is 11.4 Å². The number of rotatable bonds is 7. The van der Waals surface area contributed by atoms with Gasteiger partial charge in [0, 0.05) is 30.3 Å². The molecule has 2 aliphatic rings. The Balaban J connectivity index is 1.23. The predicted octanol–water partition coefficient (Wildman–Crippen LogP) is 4.02. The van der Waals surface area contributed by atoms with Crippen LogP contribution in [0.1, 0.15) is 36.0 Å². The molecule has 1 atom stereocenters. The SMILES string of the molecule is Nc1c(F)c(F)c(-c2cn(CC3(O)CCN(C(=O)c4ccccc4SCC4CCCO4)CC3)nn2)c(F)c1F. The number of carbonyl (C=O) groups is 1. The minimum atomic E-state index is -1.72. The third kappa shape index (κ3) is 5.61. The van der Waals surface area contributed by atoms with Gasteiger partial charge in [-0.2, -0.15) is 0 Å². The Morgan fingerprint density at radius 3 is 2.49 bits per heavy atom. The number of nitrogens with two attached hydrogens (primary N) is 1. The van der Waals surface area contributed by atoms with Gasteiger partial charge in [-0.15, -0.1) is 16.9 Å². The molecule has 0 spiro atoms. The number of ether oxygens (including phenoxy) is 1. The van der Waals surface area contributed by atoms with E-state index in [0.717, 1.165) is 41.0 Å². The van der Waals surface area contributed by atoms with E-state index in [2.05, 4.69) is 10.3 Å². The van der Waals surface area contributed by atoms with Crippen molar-refractivity contribution in [1.82, 2.24) is 19.9 Å². The Morgan fingerprint density at radius 1 is 1.13 bits per heavy atom. The molecule has 208 valence electrons. The summed E-state index contributed by atoms with van der Waals surface area (Å²) in [5.74, 6) is -6.17. The maximum absolute atomic E-state index is 14.3. The van der Waals surface area contributed by atoms with E-state index in [0.29, 0.717) is 5.56 Å². The summed E-state index contributed by atoms with van der Waals surface area (Å²) in [6.07, 6.45) is 3.77. The number of aliphatic hydroxyl groups is 1. The molecule has 3 aromatic rings. The lowest BCUT2D eigenvalue weighted by Crippen LogP contribution is -2.48. The van der Waals surface area contributed by atoms with E-state index in [-0.39, 0.29) is 44.5 Å². The van der Waals surface area contributed by atoms with Gasteiger partial charge in [0.15, 0.2) is 23.3 Å². The number of halogens is 4. The molecule has 39 heavy (non-hydrogen) atoms. The van der Waals surface area contributed by atoms with Gasteiger partial charge < -0.3 is 20.5 Å². The zero-order valence-electron chi connectivity index (χ0n) is 20.9. The van der Waals surface area contributed by atoms with Crippen LogP contribution in [0.3, 0.4) is 0 Å². The molecule has 1 amide bonds. The van der Waals surface area contributed by atoms with Crippen LogP contribution >= 0.6 is 11.8 Å². The van der Waals surface area contributed by atoms with Gasteiger partial charge >= 0.3 is 0 Å². The molecular formula is C26H27F4N5O3S. The molecule has 8 nitrogen and oxygen atoms in total. The van der Waals surface area contributed by atoms with Gasteiger partial charge in [-0.3, -0.25) is 4.79 Å². The number of nitrogens with zero attached hydrogens (tertiary/aromatic N) is 4. The molecule has 5 rings (SSSR count). The average molecular weight is 566 g/mol. The van der Waals surface area contributed by atoms with Gasteiger partial charge in [0.25, 0.3) is 5.91 Å². The van der Waals surface area contributed by atoms with Crippen LogP contribution in [0.15, 0.2) is 35.4 Å². The first kappa shape index (κ1) is 27.4. The Bertz CT molecular complexity index is 1340. The molecule has 0 radical (unpaired) electrons. The van der Waals surface area contributed by atoms with Crippen molar-refractivity contribution in [2.24, 2.45) is 0 Å². The second kappa shape index (κ2) is 11.1. The Hall–Kier alpha value is -3.16. The Kier molecular flexibility index (Phi) is 7.83. The molecule has 2 aliphatic heterocycles. The number of nitrogen functional groups attached to an aromatic ring is 1. The molecule has 3 heterocycles. The first-order valence-electron chi connectivity index (χ1n) is 12.5. The third-order valence-electron chi connectivity index (χ3n) is 7.10. The smallest absolute Gasteiger partial charge is 0.254 e. The molecule has 0 aliphatic carbocycles. The lowest BCUT2D eigenvalue weighted by Gasteiger charge is -2.38. The standard InChI is InChI=1S/C26H27F4N5O3S/c27-20-19(21(28)23(30)24(31)22(20)29)17-12-35(33-32-17)14-26(37)7-9-34(10-8-26)25(36)16-5-1-2-6-18(16)39-13-15-4-3-11-38-15/h1-2,5-6,12,15,37H,3-4,7-11,13-14,31H2. The summed E-state index contributed by atoms with van der Waals surface area (Å²) in [6, 6.07) is 7.41. The number of piperidine rings is 1. The fourth-order valence-electron chi connectivity index (χ4n) is 4.85. The number of carbonyl (C=O) groups excluding carboxylic acids is 1. The lowest BCUT2D eigenvalue weighted by molar-refractivity contribution is -0.0318. The van der Waals surface area contributed by atoms with Crippen LogP contribution in [0.5, 0.6) is 0 Å². The number of hydrogen-bond donors (Lipinski definition) is 2. The van der Waals surface area contributed by atoms with Crippen molar-refractivity contribution in [3.05, 3.63) is 59.3 Å². The third-order valence-corrected chi connectivity index (χ3v) is 8.30. The Morgan fingerprint density at radius 2 is 1.82 bits per heavy atom. The maximum atomic E-state index is 14.3. The van der Waals surface area contributed by atoms with E-state index in [4.69, 9.17) is 10.5 Å². The van der Waals surface area contributed by atoms with E-state index < -0.39 is 45.8 Å². The largest absolute Gasteiger partial charge is 0.394 e. The molecule has 0 saturated carbocycles. The van der Waals surface area contributed by atoms with Crippen molar-refractivity contribution in [2.75, 3.05) is 31.2 Å². The van der Waals surface area contributed by atoms with E-state index in [1.54, 1.807) is 22.7 Å². The first-order valence-corrected chi connectivity index (χ1v) is 13.5. The highest BCUT2D eigenvalue weighted by Crippen LogP contribution is 2.33. The fraction of sp³-hybridized carbons (Fsp3) is 0.423. The van der Waals surface area contributed by atoms with Crippen LogP contribution in [0.4, 0.5) is 23.2 Å². The summed E-state index contributed by atoms with van der Waals surface area (Å²) in [6.45, 7) is 1.22. The summed E-state index contributed by atoms with van der Waals surface area (Å²) in [5, 5.41) is 18.5. The fourth-order valence-corrected chi connectivity index (χ4v) is 5.96. The highest BCUT2D eigenvalue weighted by Gasteiger charge is 2.36. The Labute approximate surface area is 226 Å². The summed E-state index contributed by atoms with van der Waals surface area (Å²) in [4.78, 5) is 15.9. The average Bonchev–Trinajstić information content (AvgIpc) is 3.62. The quantitative estimate of drug-likeness (QED) is 0.193. The lowest BCUT2D eigenvalue weighted by atomic mass is 9.91. The van der Waals surface area contributed by atoms with Crippen LogP contribution in [0, 0.1) is 23.3 Å². The van der Waals surface area contributed by atoms with Gasteiger partial charge in [0.2, 0.25) is 0 Å². The number of anilines is 1. The molecule has 2 fully saturated rings. The summed E-state index contributed by atoms with van der Waals surface area (Å²) in [7, 11) is 0. The number of thioether (sulfide) groups is 1. The molecule has 1 unspecified atom stereocenters. The molecule has 3 N–H and O–H groups in total. The van der Waals surface area contributed by atoms with Gasteiger partial charge in [-0.1, -0.05) is 17.3 Å². The van der Waals surface area contributed by atoms with Crippen LogP contribution in [-0.4, -0.2) is 68.1 Å². The second-order valence-corrected chi connectivity index (χ2v) is 10.9. The van der Waals surface area contributed by atoms with E-state index in [1.807, 2.05) is 18.2 Å². The molecule has 2 saturated heterocycles. The predicted molar refractivity (Wildman–Crippen MR) is 136 cm³/mol. The monoisotopic (exact) mass is 565 g/mol. The van der Waals surface area contributed by atoms with E-state index in [1.165, 1.54) is 0 Å². The topological polar surface area (TPSA) is 107 Å². The first-order chi connectivity index (χ1) is 18.7. The highest BCUT2D eigenvalue weighted by atomic mass is 32.2. The van der Waals surface area contributed by atoms with Crippen LogP contribution in [0.2, 0.25) is 0 Å². The normalized spacial score (nSPS) is 19.0. The van der Waals surface area contributed by atoms with Crippen molar-refractivity contribution in [3.8, 4) is 11.3 Å². The number of amides is 1. The number of hydrogen-bond acceptors (Lipinski definition) is 7. The molecular weight excluding hydrogens is 538 g/mol. The van der Waals surface area contributed by atoms with Crippen molar-refractivity contribution >= 4 is 23.4 Å². The van der Waals surface area contributed by atoms with Crippen molar-refractivity contribution in [3.63, 3.8) is 0 Å². The zero-order valence-corrected chi connectivity index (χ0v) is 21.7. The number of aromatic nitrogens is 3. The minimum absolute atomic E-state index is 0.0982. The highest BCUT2D eigenvalue weighted by molar-refractivity contribution is 7.99. The van der Waals surface area contributed by atoms with Crippen LogP contribution in [0.25, 0.3) is 11.3 Å². The van der Waals surface area contributed by atoms with E-state index in [9.17, 15) is 27.5 Å². The van der Waals surface area contributed by atoms with Crippen molar-refractivity contribution < 1.29 is 32.2 Å². The van der Waals surface area contributed by atoms with Gasteiger partial charge in [-0.25, -0.2) is 22.2 Å². The minimum Gasteiger partial charge on any atom is -0.394 e. The maximum Gasteiger partial charge on any atom is 0.254 e. The van der Waals surface area contributed by atoms with Crippen molar-refractivity contribution in [2.45, 2.75) is 48.8 Å². The summed E-state index contributed by atoms with van der Waals surface area (Å²) < 4.78 is 63.2. The molecule has 0 bridgehead atoms. The van der Waals surface area contributed by atoms with E-state index >= 15 is 0 Å². The van der Waals surface area contributed by atoms with Gasteiger partial charge in [-0.05, 0) is 37.8 Å². The van der Waals surface area contributed by atoms with Crippen LogP contribution in [-0.2, 0) is 11.3 Å². The molecule has 1 aromatic heterocycles.